The molecule has 7 heteroatoms. The van der Waals surface area contributed by atoms with Crippen LogP contribution < -0.4 is 0 Å². The van der Waals surface area contributed by atoms with Crippen LogP contribution in [0.2, 0.25) is 0 Å². The Morgan fingerprint density at radius 1 is 1.15 bits per heavy atom. The summed E-state index contributed by atoms with van der Waals surface area (Å²) in [5.41, 5.74) is 2.00. The van der Waals surface area contributed by atoms with Gasteiger partial charge in [0.1, 0.15) is 18.3 Å². The Bertz CT molecular complexity index is 929. The van der Waals surface area contributed by atoms with Crippen molar-refractivity contribution in [3.63, 3.8) is 0 Å². The van der Waals surface area contributed by atoms with Crippen LogP contribution in [0.1, 0.15) is 34.5 Å². The maximum Gasteiger partial charge on any atom is 0.256 e. The van der Waals surface area contributed by atoms with E-state index >= 15 is 0 Å². The Hall–Kier alpha value is -3.06. The van der Waals surface area contributed by atoms with Crippen molar-refractivity contribution in [1.29, 1.82) is 0 Å². The number of nitrogens with zero attached hydrogens (tertiary/aromatic N) is 5. The van der Waals surface area contributed by atoms with Crippen LogP contribution in [0.4, 0.5) is 0 Å². The number of hydrogen-bond acceptors (Lipinski definition) is 5. The number of aliphatic hydroxyl groups is 1. The first-order chi connectivity index (χ1) is 13.1. The van der Waals surface area contributed by atoms with E-state index in [0.717, 1.165) is 5.56 Å². The molecule has 2 aromatic heterocycles. The molecule has 1 aliphatic rings. The zero-order chi connectivity index (χ0) is 18.9. The molecular weight excluding hydrogens is 342 g/mol. The Morgan fingerprint density at radius 3 is 2.59 bits per heavy atom. The van der Waals surface area contributed by atoms with Gasteiger partial charge in [0.15, 0.2) is 0 Å². The van der Waals surface area contributed by atoms with Crippen molar-refractivity contribution in [2.24, 2.45) is 0 Å². The fourth-order valence-corrected chi connectivity index (χ4v) is 3.44. The number of likely N-dealkylation sites (tertiary alicyclic amines) is 1. The highest BCUT2D eigenvalue weighted by molar-refractivity contribution is 5.97. The summed E-state index contributed by atoms with van der Waals surface area (Å²) >= 11 is 0. The van der Waals surface area contributed by atoms with E-state index in [9.17, 15) is 9.90 Å². The molecule has 0 aliphatic carbocycles. The van der Waals surface area contributed by atoms with Crippen LogP contribution in [-0.2, 0) is 5.60 Å². The van der Waals surface area contributed by atoms with E-state index < -0.39 is 5.60 Å². The summed E-state index contributed by atoms with van der Waals surface area (Å²) in [6.07, 6.45) is 5.70. The molecule has 7 nitrogen and oxygen atoms in total. The normalized spacial score (nSPS) is 16.3. The number of rotatable bonds is 3. The lowest BCUT2D eigenvalue weighted by molar-refractivity contribution is -0.0244. The molecule has 27 heavy (non-hydrogen) atoms. The number of amides is 1. The molecule has 1 aliphatic heterocycles. The number of aromatic nitrogens is 4. The lowest BCUT2D eigenvalue weighted by Gasteiger charge is -2.38. The molecule has 1 fully saturated rings. The Labute approximate surface area is 157 Å². The minimum atomic E-state index is -0.990. The van der Waals surface area contributed by atoms with E-state index in [1.165, 1.54) is 6.33 Å². The van der Waals surface area contributed by atoms with Crippen molar-refractivity contribution in [1.82, 2.24) is 24.6 Å². The van der Waals surface area contributed by atoms with Gasteiger partial charge in [0, 0.05) is 19.3 Å². The fourth-order valence-electron chi connectivity index (χ4n) is 3.44. The molecule has 0 bridgehead atoms. The Morgan fingerprint density at radius 2 is 1.93 bits per heavy atom. The summed E-state index contributed by atoms with van der Waals surface area (Å²) in [5, 5.41) is 15.1. The third-order valence-corrected chi connectivity index (χ3v) is 5.07. The number of benzene rings is 1. The molecule has 0 spiro atoms. The number of carbonyl (C=O) groups is 1. The van der Waals surface area contributed by atoms with Gasteiger partial charge in [-0.1, -0.05) is 18.2 Å². The predicted molar refractivity (Wildman–Crippen MR) is 99.4 cm³/mol. The van der Waals surface area contributed by atoms with Gasteiger partial charge < -0.3 is 10.0 Å². The number of pyridine rings is 1. The van der Waals surface area contributed by atoms with Crippen molar-refractivity contribution in [3.05, 3.63) is 72.1 Å². The van der Waals surface area contributed by atoms with Crippen LogP contribution in [0.5, 0.6) is 0 Å². The van der Waals surface area contributed by atoms with E-state index in [1.807, 2.05) is 37.3 Å². The van der Waals surface area contributed by atoms with Crippen LogP contribution in [-0.4, -0.2) is 48.8 Å². The first kappa shape index (κ1) is 17.4. The van der Waals surface area contributed by atoms with E-state index in [4.69, 9.17) is 0 Å². The summed E-state index contributed by atoms with van der Waals surface area (Å²) in [7, 11) is 0. The molecule has 3 aromatic rings. The monoisotopic (exact) mass is 363 g/mol. The zero-order valence-electron chi connectivity index (χ0n) is 15.1. The van der Waals surface area contributed by atoms with E-state index in [2.05, 4.69) is 15.1 Å². The van der Waals surface area contributed by atoms with Gasteiger partial charge in [-0.05, 0) is 43.5 Å². The van der Waals surface area contributed by atoms with Crippen LogP contribution in [0.25, 0.3) is 5.69 Å². The molecule has 1 amide bonds. The van der Waals surface area contributed by atoms with Crippen molar-refractivity contribution in [2.45, 2.75) is 25.4 Å². The number of carbonyl (C=O) groups excluding carboxylic acids is 1. The standard InChI is InChI=1S/C20H21N5O2/c1-15-6-7-18(22-12-15)20(27)8-10-24(11-9-20)19(26)16-4-2-3-5-17(16)25-14-21-13-23-25/h2-7,12-14,27H,8-11H2,1H3. The van der Waals surface area contributed by atoms with Gasteiger partial charge in [0.2, 0.25) is 0 Å². The van der Waals surface area contributed by atoms with Gasteiger partial charge in [0.25, 0.3) is 5.91 Å². The van der Waals surface area contributed by atoms with E-state index in [1.54, 1.807) is 28.2 Å². The third kappa shape index (κ3) is 3.33. The van der Waals surface area contributed by atoms with E-state index in [-0.39, 0.29) is 5.91 Å². The van der Waals surface area contributed by atoms with Crippen LogP contribution in [0.3, 0.4) is 0 Å². The molecule has 3 heterocycles. The van der Waals surface area contributed by atoms with Gasteiger partial charge in [-0.15, -0.1) is 0 Å². The molecule has 4 rings (SSSR count). The van der Waals surface area contributed by atoms with Gasteiger partial charge in [-0.25, -0.2) is 9.67 Å². The highest BCUT2D eigenvalue weighted by atomic mass is 16.3. The number of hydrogen-bond donors (Lipinski definition) is 1. The van der Waals surface area contributed by atoms with Crippen LogP contribution in [0, 0.1) is 6.92 Å². The average molecular weight is 363 g/mol. The minimum Gasteiger partial charge on any atom is -0.383 e. The molecule has 1 N–H and O–H groups in total. The topological polar surface area (TPSA) is 84.1 Å². The summed E-state index contributed by atoms with van der Waals surface area (Å²) < 4.78 is 1.59. The minimum absolute atomic E-state index is 0.0694. The lowest BCUT2D eigenvalue weighted by atomic mass is 9.87. The summed E-state index contributed by atoms with van der Waals surface area (Å²) in [6.45, 7) is 2.90. The van der Waals surface area contributed by atoms with Gasteiger partial charge in [-0.2, -0.15) is 5.10 Å². The van der Waals surface area contributed by atoms with Crippen LogP contribution >= 0.6 is 0 Å². The fraction of sp³-hybridized carbons (Fsp3) is 0.300. The van der Waals surface area contributed by atoms with Crippen LogP contribution in [0.15, 0.2) is 55.2 Å². The summed E-state index contributed by atoms with van der Waals surface area (Å²) in [4.78, 5) is 23.2. The van der Waals surface area contributed by atoms with Gasteiger partial charge >= 0.3 is 0 Å². The lowest BCUT2D eigenvalue weighted by Crippen LogP contribution is -2.45. The van der Waals surface area contributed by atoms with Crippen molar-refractivity contribution in [2.75, 3.05) is 13.1 Å². The zero-order valence-corrected chi connectivity index (χ0v) is 15.1. The smallest absolute Gasteiger partial charge is 0.256 e. The Kier molecular flexibility index (Phi) is 4.45. The van der Waals surface area contributed by atoms with E-state index in [0.29, 0.717) is 42.9 Å². The molecule has 0 saturated carbocycles. The van der Waals surface area contributed by atoms with Crippen molar-refractivity contribution in [3.8, 4) is 5.69 Å². The van der Waals surface area contributed by atoms with Crippen molar-refractivity contribution >= 4 is 5.91 Å². The quantitative estimate of drug-likeness (QED) is 0.770. The SMILES string of the molecule is Cc1ccc(C2(O)CCN(C(=O)c3ccccc3-n3cncn3)CC2)nc1. The number of piperidine rings is 1. The summed E-state index contributed by atoms with van der Waals surface area (Å²) in [5.74, 6) is -0.0694. The first-order valence-corrected chi connectivity index (χ1v) is 8.96. The summed E-state index contributed by atoms with van der Waals surface area (Å²) in [6, 6.07) is 11.2. The molecular formula is C20H21N5O2. The molecule has 0 unspecified atom stereocenters. The predicted octanol–water partition coefficient (Wildman–Crippen LogP) is 2.09. The second kappa shape index (κ2) is 6.92. The molecule has 138 valence electrons. The first-order valence-electron chi connectivity index (χ1n) is 8.96. The highest BCUT2D eigenvalue weighted by Gasteiger charge is 2.37. The second-order valence-electron chi connectivity index (χ2n) is 6.90. The molecule has 1 saturated heterocycles. The largest absolute Gasteiger partial charge is 0.383 e. The maximum absolute atomic E-state index is 13.1. The van der Waals surface area contributed by atoms with Gasteiger partial charge in [0.05, 0.1) is 16.9 Å². The molecule has 0 radical (unpaired) electrons. The van der Waals surface area contributed by atoms with Gasteiger partial charge in [-0.3, -0.25) is 9.78 Å². The van der Waals surface area contributed by atoms with Crippen molar-refractivity contribution < 1.29 is 9.90 Å². The molecule has 0 atom stereocenters. The third-order valence-electron chi connectivity index (χ3n) is 5.07. The maximum atomic E-state index is 13.1. The molecule has 1 aromatic carbocycles. The number of aryl methyl sites for hydroxylation is 1. The average Bonchev–Trinajstić information content (AvgIpc) is 3.23. The second-order valence-corrected chi connectivity index (χ2v) is 6.90. The Balaban J connectivity index is 1.52. The highest BCUT2D eigenvalue weighted by Crippen LogP contribution is 2.32. The number of para-hydroxylation sites is 1.